The van der Waals surface area contributed by atoms with Crippen molar-refractivity contribution >= 4 is 11.4 Å². The van der Waals surface area contributed by atoms with Crippen LogP contribution in [-0.4, -0.2) is 0 Å². The first kappa shape index (κ1) is 1.21. The van der Waals surface area contributed by atoms with Crippen LogP contribution in [0.25, 0.3) is 0 Å². The van der Waals surface area contributed by atoms with Crippen molar-refractivity contribution in [1.82, 2.24) is 0 Å². The first-order valence-electron chi connectivity index (χ1n) is 5.37. The number of nitrogens with two attached hydrogens (primary N) is 2. The fourth-order valence-corrected chi connectivity index (χ4v) is 0.334. The zero-order valence-corrected chi connectivity index (χ0v) is 3.95. The number of nitrogen functional groups attached to an aromatic ring is 2. The molecule has 0 atom stereocenters. The highest BCUT2D eigenvalue weighted by molar-refractivity contribution is 5.50. The minimum absolute atomic E-state index is 0.0307. The molecule has 0 aliphatic rings. The van der Waals surface area contributed by atoms with E-state index >= 15 is 0 Å². The molecule has 0 aliphatic carbocycles. The molecule has 2 nitrogen and oxygen atoms in total. The Balaban J connectivity index is 3.60. The molecular formula is C6H8N2. The lowest BCUT2D eigenvalue weighted by Gasteiger charge is -1.91. The van der Waals surface area contributed by atoms with Crippen molar-refractivity contribution in [3.05, 3.63) is 24.2 Å². The van der Waals surface area contributed by atoms with Gasteiger partial charge >= 0.3 is 0 Å². The van der Waals surface area contributed by atoms with Gasteiger partial charge in [-0.05, 0) is 18.1 Å². The molecule has 0 saturated carbocycles. The van der Waals surface area contributed by atoms with Gasteiger partial charge in [-0.2, -0.15) is 0 Å². The van der Waals surface area contributed by atoms with Gasteiger partial charge in [0.15, 0.2) is 4.24 Å². The van der Waals surface area contributed by atoms with E-state index < -0.39 is 29.9 Å². The van der Waals surface area contributed by atoms with Gasteiger partial charge in [0, 0.05) is 11.4 Å². The van der Waals surface area contributed by atoms with Crippen LogP contribution < -0.4 is 11.4 Å². The number of hydrogen-bond donors (Lipinski definition) is 2. The zero-order chi connectivity index (χ0) is 11.7. The van der Waals surface area contributed by atoms with E-state index in [1.807, 2.05) is 0 Å². The van der Waals surface area contributed by atoms with Crippen molar-refractivity contribution in [2.75, 3.05) is 11.4 Å². The number of rotatable bonds is 2. The fraction of sp³-hybridized carbons (Fsp3) is 0. The Bertz CT molecular complexity index is 392. The summed E-state index contributed by atoms with van der Waals surface area (Å²) in [5.41, 5.74) is 1.13. The Morgan fingerprint density at radius 2 is 2.38 bits per heavy atom. The summed E-state index contributed by atoms with van der Waals surface area (Å²) in [7, 11) is 0. The van der Waals surface area contributed by atoms with Crippen molar-refractivity contribution in [2.24, 2.45) is 0 Å². The summed E-state index contributed by atoms with van der Waals surface area (Å²) in [6.07, 6.45) is 0. The normalized spacial score (nSPS) is 20.2. The summed E-state index contributed by atoms with van der Waals surface area (Å²) in [5.74, 6) is 0. The van der Waals surface area contributed by atoms with Crippen LogP contribution in [-0.2, 0) is 0 Å². The summed E-state index contributed by atoms with van der Waals surface area (Å²) >= 11 is 0. The molecule has 0 unspecified atom stereocenters. The molecule has 0 saturated heterocycles. The number of benzene rings is 1. The van der Waals surface area contributed by atoms with Crippen LogP contribution in [0.15, 0.2) is 24.2 Å². The van der Waals surface area contributed by atoms with E-state index in [4.69, 9.17) is 9.72 Å². The van der Waals surface area contributed by atoms with Gasteiger partial charge in [-0.1, -0.05) is 6.04 Å². The maximum atomic E-state index is 7.47. The third kappa shape index (κ3) is 0.904. The highest BCUT2D eigenvalue weighted by Crippen LogP contribution is 2.06. The van der Waals surface area contributed by atoms with Gasteiger partial charge in [0.1, 0.15) is 0 Å². The predicted molar refractivity (Wildman–Crippen MR) is 35.3 cm³/mol. The number of hydrogen-bond acceptors (Lipinski definition) is 2. The minimum atomic E-state index is -0.533. The van der Waals surface area contributed by atoms with E-state index in [1.54, 1.807) is 5.73 Å². The second kappa shape index (κ2) is 1.74. The summed E-state index contributed by atoms with van der Waals surface area (Å²) in [5, 5.41) is 0. The van der Waals surface area contributed by atoms with E-state index in [1.165, 1.54) is 0 Å². The highest BCUT2D eigenvalue weighted by atomic mass is 14.6. The monoisotopic (exact) mass is 115 g/mol. The van der Waals surface area contributed by atoms with Crippen LogP contribution in [0.5, 0.6) is 0 Å². The van der Waals surface area contributed by atoms with Crippen LogP contribution in [0, 0.1) is 0 Å². The largest absolute Gasteiger partial charge is 0.399 e. The summed E-state index contributed by atoms with van der Waals surface area (Å²) in [6, 6.07) is -1.97. The second-order valence-electron chi connectivity index (χ2n) is 1.22. The molecule has 4 N–H and O–H groups in total. The van der Waals surface area contributed by atoms with E-state index in [2.05, 4.69) is 0 Å². The Labute approximate surface area is 58.1 Å². The van der Waals surface area contributed by atoms with Crippen LogP contribution in [0.3, 0.4) is 0 Å². The molecule has 1 aromatic carbocycles. The first-order valence-corrected chi connectivity index (χ1v) is 1.97. The van der Waals surface area contributed by atoms with Crippen LogP contribution in [0.4, 0.5) is 11.4 Å². The van der Waals surface area contributed by atoms with Gasteiger partial charge < -0.3 is 11.4 Å². The standard InChI is InChI=1S/C6H8N2/c7-5-2-1-3-6(8)4-5/h1-4H,7-8H2/i1D,2D,3D,4D/hD3. The molecule has 0 amide bonds. The second-order valence-corrected chi connectivity index (χ2v) is 1.22. The molecular weight excluding hydrogens is 100 g/mol. The summed E-state index contributed by atoms with van der Waals surface area (Å²) < 4.78 is 50.3. The van der Waals surface area contributed by atoms with Crippen molar-refractivity contribution in [1.29, 1.82) is 0 Å². The zero-order valence-electron chi connectivity index (χ0n) is 10.9. The highest BCUT2D eigenvalue weighted by Gasteiger charge is 1.81. The lowest BCUT2D eigenvalue weighted by Crippen LogP contribution is -1.87. The maximum absolute atomic E-state index is 7.47. The van der Waals surface area contributed by atoms with Crippen molar-refractivity contribution in [3.63, 3.8) is 0 Å². The number of anilines is 2. The Morgan fingerprint density at radius 1 is 1.50 bits per heavy atom. The molecule has 42 valence electrons. The summed E-state index contributed by atoms with van der Waals surface area (Å²) in [4.78, 5) is 0. The smallest absolute Gasteiger partial charge is 0.156 e. The van der Waals surface area contributed by atoms with Crippen LogP contribution in [0.2, 0.25) is 4.24 Å². The van der Waals surface area contributed by atoms with Gasteiger partial charge in [0.05, 0.1) is 5.48 Å². The molecule has 1 rings (SSSR count). The third-order valence-corrected chi connectivity index (χ3v) is 0.612. The minimum Gasteiger partial charge on any atom is -0.399 e. The van der Waals surface area contributed by atoms with Gasteiger partial charge in [-0.25, -0.2) is 0 Å². The average molecular weight is 115 g/mol. The fourth-order valence-electron chi connectivity index (χ4n) is 0.334. The SMILES string of the molecule is [2H]Nc1c([2H])c([2H])c([2H])c(N([2H])[2H])c1[2H]. The van der Waals surface area contributed by atoms with Crippen LogP contribution in [0.1, 0.15) is 5.48 Å². The average Bonchev–Trinajstić information content (AvgIpc) is 2.15. The van der Waals surface area contributed by atoms with E-state index in [-0.39, 0.29) is 11.4 Å². The van der Waals surface area contributed by atoms with Gasteiger partial charge in [0.2, 0.25) is 0 Å². The molecule has 0 fully saturated rings. The molecule has 0 aromatic heterocycles. The predicted octanol–water partition coefficient (Wildman–Crippen LogP) is 0.851. The van der Waals surface area contributed by atoms with Crippen molar-refractivity contribution in [3.8, 4) is 0 Å². The lowest BCUT2D eigenvalue weighted by molar-refractivity contribution is 1.67. The molecule has 0 aliphatic heterocycles. The first-order chi connectivity index (χ1) is 6.91. The Hall–Kier alpha value is -1.18. The Kier molecular flexibility index (Phi) is 0.263. The summed E-state index contributed by atoms with van der Waals surface area (Å²) in [6.45, 7) is 0. The lowest BCUT2D eigenvalue weighted by atomic mass is 10.3. The maximum Gasteiger partial charge on any atom is 0.156 e. The van der Waals surface area contributed by atoms with E-state index in [0.717, 1.165) is 0 Å². The molecule has 0 heterocycles. The van der Waals surface area contributed by atoms with Gasteiger partial charge in [-0.15, -0.1) is 0 Å². The molecule has 0 radical (unpaired) electrons. The molecule has 0 bridgehead atoms. The van der Waals surface area contributed by atoms with E-state index in [9.17, 15) is 0 Å². The Morgan fingerprint density at radius 3 is 3.12 bits per heavy atom. The van der Waals surface area contributed by atoms with Crippen LogP contribution >= 0.6 is 0 Å². The van der Waals surface area contributed by atoms with Gasteiger partial charge in [-0.3, -0.25) is 0 Å². The molecule has 2 heteroatoms. The van der Waals surface area contributed by atoms with E-state index in [0.29, 0.717) is 0 Å². The third-order valence-electron chi connectivity index (χ3n) is 0.612. The quantitative estimate of drug-likeness (QED) is 0.561. The van der Waals surface area contributed by atoms with Gasteiger partial charge in [0.25, 0.3) is 0 Å². The van der Waals surface area contributed by atoms with Crippen molar-refractivity contribution in [2.45, 2.75) is 0 Å². The topological polar surface area (TPSA) is 52.0 Å². The van der Waals surface area contributed by atoms with Crippen molar-refractivity contribution < 1.29 is 9.72 Å². The molecule has 1 aromatic rings. The molecule has 0 spiro atoms. The molecule has 8 heavy (non-hydrogen) atoms.